The molecule has 1 heterocycles. The highest BCUT2D eigenvalue weighted by Crippen LogP contribution is 2.41. The van der Waals surface area contributed by atoms with E-state index in [4.69, 9.17) is 32.7 Å². The van der Waals surface area contributed by atoms with E-state index in [1.54, 1.807) is 0 Å². The molecular formula is C14H13Cl2N5O5S. The molecule has 1 aromatic carbocycles. The van der Waals surface area contributed by atoms with Gasteiger partial charge in [-0.15, -0.1) is 0 Å². The number of aromatic amines is 2. The summed E-state index contributed by atoms with van der Waals surface area (Å²) >= 11 is 13.1. The van der Waals surface area contributed by atoms with Crippen molar-refractivity contribution >= 4 is 47.1 Å². The van der Waals surface area contributed by atoms with Gasteiger partial charge in [0.2, 0.25) is 5.91 Å². The third-order valence-corrected chi connectivity index (χ3v) is 4.56. The van der Waals surface area contributed by atoms with Crippen LogP contribution in [0, 0.1) is 0 Å². The van der Waals surface area contributed by atoms with Crippen molar-refractivity contribution in [3.8, 4) is 11.5 Å². The number of nitrogens with zero attached hydrogens (tertiary/aromatic N) is 2. The number of benzene rings is 1. The molecule has 0 radical (unpaired) electrons. The maximum absolute atomic E-state index is 11.8. The smallest absolute Gasteiger partial charge is 0.342 e. The summed E-state index contributed by atoms with van der Waals surface area (Å²) in [6.07, 6.45) is 1.30. The summed E-state index contributed by atoms with van der Waals surface area (Å²) in [6, 6.07) is 1.51. The highest BCUT2D eigenvalue weighted by molar-refractivity contribution is 7.99. The number of nitrogens with one attached hydrogen (secondary N) is 3. The summed E-state index contributed by atoms with van der Waals surface area (Å²) in [5, 5.41) is 9.77. The number of ether oxygens (including phenoxy) is 2. The second kappa shape index (κ2) is 9.44. The molecule has 144 valence electrons. The Morgan fingerprint density at radius 1 is 1.33 bits per heavy atom. The number of methoxy groups -OCH3 is 2. The maximum Gasteiger partial charge on any atom is 0.342 e. The SMILES string of the molecule is COc1c(Cl)cc(/C=N/NC(=O)CSc2n[nH]c(=O)[nH]c2=O)c(OC)c1Cl. The van der Waals surface area contributed by atoms with Crippen LogP contribution in [0.1, 0.15) is 5.56 Å². The number of amides is 1. The normalized spacial score (nSPS) is 10.8. The molecule has 0 spiro atoms. The van der Waals surface area contributed by atoms with Crippen molar-refractivity contribution in [1.82, 2.24) is 20.6 Å². The fourth-order valence-electron chi connectivity index (χ4n) is 1.87. The van der Waals surface area contributed by atoms with Crippen molar-refractivity contribution in [2.75, 3.05) is 20.0 Å². The van der Waals surface area contributed by atoms with E-state index in [0.717, 1.165) is 11.8 Å². The minimum absolute atomic E-state index is 0.0517. The van der Waals surface area contributed by atoms with E-state index in [2.05, 4.69) is 20.7 Å². The minimum atomic E-state index is -0.732. The molecule has 3 N–H and O–H groups in total. The van der Waals surface area contributed by atoms with Gasteiger partial charge in [0, 0.05) is 5.56 Å². The number of carbonyl (C=O) groups excluding carboxylic acids is 1. The van der Waals surface area contributed by atoms with Gasteiger partial charge in [-0.25, -0.2) is 15.3 Å². The molecule has 0 aliphatic rings. The fraction of sp³-hybridized carbons (Fsp3) is 0.214. The Labute approximate surface area is 166 Å². The Morgan fingerprint density at radius 2 is 2.04 bits per heavy atom. The largest absolute Gasteiger partial charge is 0.494 e. The monoisotopic (exact) mass is 433 g/mol. The zero-order chi connectivity index (χ0) is 20.0. The van der Waals surface area contributed by atoms with Crippen LogP contribution >= 0.6 is 35.0 Å². The molecule has 1 amide bonds. The lowest BCUT2D eigenvalue weighted by molar-refractivity contribution is -0.118. The van der Waals surface area contributed by atoms with Crippen molar-refractivity contribution in [1.29, 1.82) is 0 Å². The van der Waals surface area contributed by atoms with Gasteiger partial charge in [0.25, 0.3) is 5.56 Å². The zero-order valence-electron chi connectivity index (χ0n) is 14.0. The first-order valence-corrected chi connectivity index (χ1v) is 8.85. The molecule has 2 rings (SSSR count). The second-order valence-corrected chi connectivity index (χ2v) is 6.47. The van der Waals surface area contributed by atoms with Gasteiger partial charge in [-0.1, -0.05) is 35.0 Å². The molecule has 0 unspecified atom stereocenters. The first kappa shape index (κ1) is 20.8. The van der Waals surface area contributed by atoms with Gasteiger partial charge in [0.1, 0.15) is 10.8 Å². The highest BCUT2D eigenvalue weighted by Gasteiger charge is 2.16. The van der Waals surface area contributed by atoms with Crippen molar-refractivity contribution in [3.05, 3.63) is 42.5 Å². The van der Waals surface area contributed by atoms with E-state index in [1.165, 1.54) is 26.5 Å². The molecule has 0 fully saturated rings. The summed E-state index contributed by atoms with van der Waals surface area (Å²) in [5.74, 6) is -0.130. The molecule has 0 aliphatic carbocycles. The van der Waals surface area contributed by atoms with Gasteiger partial charge in [0.15, 0.2) is 10.8 Å². The summed E-state index contributed by atoms with van der Waals surface area (Å²) in [6.45, 7) is 0. The number of aromatic nitrogens is 3. The minimum Gasteiger partial charge on any atom is -0.494 e. The van der Waals surface area contributed by atoms with Crippen LogP contribution in [0.2, 0.25) is 10.0 Å². The Morgan fingerprint density at radius 3 is 2.67 bits per heavy atom. The molecular weight excluding hydrogens is 421 g/mol. The van der Waals surface area contributed by atoms with Crippen LogP contribution in [-0.4, -0.2) is 47.3 Å². The molecule has 10 nitrogen and oxygen atoms in total. The van der Waals surface area contributed by atoms with Gasteiger partial charge in [-0.2, -0.15) is 10.2 Å². The lowest BCUT2D eigenvalue weighted by atomic mass is 10.2. The second-order valence-electron chi connectivity index (χ2n) is 4.72. The van der Waals surface area contributed by atoms with Crippen LogP contribution in [0.3, 0.4) is 0 Å². The van der Waals surface area contributed by atoms with E-state index in [0.29, 0.717) is 5.56 Å². The quantitative estimate of drug-likeness (QED) is 0.336. The number of halogens is 2. The number of carbonyl (C=O) groups is 1. The molecule has 13 heteroatoms. The Bertz CT molecular complexity index is 991. The molecule has 0 bridgehead atoms. The Kier molecular flexibility index (Phi) is 7.28. The standard InChI is InChI=1S/C14H13Cl2N5O5S/c1-25-10-6(3-7(15)11(26-2)9(10)16)4-17-19-8(22)5-27-13-12(23)18-14(24)21-20-13/h3-4H,5H2,1-2H3,(H,19,22)(H2,18,21,23,24)/b17-4+. The predicted molar refractivity (Wildman–Crippen MR) is 102 cm³/mol. The summed E-state index contributed by atoms with van der Waals surface area (Å²) < 4.78 is 10.3. The average molecular weight is 434 g/mol. The van der Waals surface area contributed by atoms with E-state index in [9.17, 15) is 14.4 Å². The van der Waals surface area contributed by atoms with Crippen LogP contribution in [0.15, 0.2) is 25.8 Å². The summed E-state index contributed by atoms with van der Waals surface area (Å²) in [5.41, 5.74) is 1.27. The Hall–Kier alpha value is -2.50. The number of hydrogen-bond acceptors (Lipinski definition) is 8. The first-order chi connectivity index (χ1) is 12.9. The summed E-state index contributed by atoms with van der Waals surface area (Å²) in [4.78, 5) is 36.2. The van der Waals surface area contributed by atoms with E-state index < -0.39 is 17.2 Å². The molecule has 2 aromatic rings. The topological polar surface area (TPSA) is 139 Å². The third kappa shape index (κ3) is 5.25. The van der Waals surface area contributed by atoms with Crippen molar-refractivity contribution in [2.24, 2.45) is 5.10 Å². The number of hydrazone groups is 1. The maximum atomic E-state index is 11.8. The average Bonchev–Trinajstić information content (AvgIpc) is 2.61. The van der Waals surface area contributed by atoms with Gasteiger partial charge < -0.3 is 9.47 Å². The molecule has 0 atom stereocenters. The van der Waals surface area contributed by atoms with Crippen LogP contribution in [0.25, 0.3) is 0 Å². The van der Waals surface area contributed by atoms with E-state index in [-0.39, 0.29) is 32.3 Å². The number of thioether (sulfide) groups is 1. The third-order valence-electron chi connectivity index (χ3n) is 2.98. The van der Waals surface area contributed by atoms with Crippen LogP contribution in [0.4, 0.5) is 0 Å². The number of H-pyrrole nitrogens is 2. The first-order valence-electron chi connectivity index (χ1n) is 7.11. The van der Waals surface area contributed by atoms with Crippen molar-refractivity contribution in [2.45, 2.75) is 5.03 Å². The lowest BCUT2D eigenvalue weighted by Crippen LogP contribution is -2.26. The molecule has 1 aromatic heterocycles. The fourth-order valence-corrected chi connectivity index (χ4v) is 3.19. The summed E-state index contributed by atoms with van der Waals surface area (Å²) in [7, 11) is 2.83. The zero-order valence-corrected chi connectivity index (χ0v) is 16.3. The lowest BCUT2D eigenvalue weighted by Gasteiger charge is -2.12. The number of rotatable bonds is 7. The Balaban J connectivity index is 2.03. The van der Waals surface area contributed by atoms with E-state index in [1.807, 2.05) is 4.98 Å². The van der Waals surface area contributed by atoms with Gasteiger partial charge in [0.05, 0.1) is 31.2 Å². The van der Waals surface area contributed by atoms with Gasteiger partial charge in [-0.05, 0) is 6.07 Å². The van der Waals surface area contributed by atoms with Crippen LogP contribution < -0.4 is 26.1 Å². The molecule has 0 saturated carbocycles. The molecule has 0 aliphatic heterocycles. The van der Waals surface area contributed by atoms with Crippen LogP contribution in [0.5, 0.6) is 11.5 Å². The predicted octanol–water partition coefficient (Wildman–Crippen LogP) is 1.02. The van der Waals surface area contributed by atoms with Crippen LogP contribution in [-0.2, 0) is 4.79 Å². The van der Waals surface area contributed by atoms with Crippen molar-refractivity contribution < 1.29 is 14.3 Å². The number of hydrogen-bond donors (Lipinski definition) is 3. The van der Waals surface area contributed by atoms with Gasteiger partial charge >= 0.3 is 5.69 Å². The van der Waals surface area contributed by atoms with E-state index >= 15 is 0 Å². The highest BCUT2D eigenvalue weighted by atomic mass is 35.5. The molecule has 27 heavy (non-hydrogen) atoms. The molecule has 0 saturated heterocycles. The van der Waals surface area contributed by atoms with Crippen molar-refractivity contribution in [3.63, 3.8) is 0 Å². The van der Waals surface area contributed by atoms with Gasteiger partial charge in [-0.3, -0.25) is 14.6 Å².